The molecule has 0 aromatic heterocycles. The first-order valence-corrected chi connectivity index (χ1v) is 7.66. The Morgan fingerprint density at radius 1 is 1.37 bits per heavy atom. The Kier molecular flexibility index (Phi) is 4.85. The summed E-state index contributed by atoms with van der Waals surface area (Å²) in [4.78, 5) is 13.6. The van der Waals surface area contributed by atoms with Gasteiger partial charge in [0.15, 0.2) is 0 Å². The molecule has 0 bridgehead atoms. The van der Waals surface area contributed by atoms with E-state index in [0.717, 1.165) is 5.69 Å². The number of nitrogens with two attached hydrogens (primary N) is 1. The van der Waals surface area contributed by atoms with Crippen molar-refractivity contribution in [1.82, 2.24) is 0 Å². The average molecular weight is 280 g/mol. The first-order valence-electron chi connectivity index (χ1n) is 6.43. The summed E-state index contributed by atoms with van der Waals surface area (Å²) in [5.74, 6) is 0.00945. The minimum absolute atomic E-state index is 0.00945. The molecular formula is C14H20N2O2S. The number of thioether (sulfide) groups is 1. The molecule has 3 N–H and O–H groups in total. The summed E-state index contributed by atoms with van der Waals surface area (Å²) < 4.78 is 5.32. The molecule has 2 rings (SSSR count). The van der Waals surface area contributed by atoms with Crippen molar-refractivity contribution in [3.8, 4) is 0 Å². The Balaban J connectivity index is 2.05. The molecule has 0 radical (unpaired) electrons. The summed E-state index contributed by atoms with van der Waals surface area (Å²) in [6.45, 7) is 1.58. The second-order valence-corrected chi connectivity index (χ2v) is 5.66. The molecule has 0 saturated carbocycles. The lowest BCUT2D eigenvalue weighted by molar-refractivity contribution is -0.130. The van der Waals surface area contributed by atoms with Crippen LogP contribution >= 0.6 is 11.8 Å². The van der Waals surface area contributed by atoms with Crippen LogP contribution in [0.1, 0.15) is 12.8 Å². The van der Waals surface area contributed by atoms with E-state index in [-0.39, 0.29) is 5.91 Å². The van der Waals surface area contributed by atoms with Crippen LogP contribution in [0.5, 0.6) is 0 Å². The molecule has 0 aliphatic carbocycles. The standard InChI is InChI=1S/C14H20N2O2S/c1-19-12-4-2-11(3-5-12)16-13(17)14(10-15)6-8-18-9-7-14/h2-5H,6-10,15H2,1H3,(H,16,17). The minimum atomic E-state index is -0.476. The Labute approximate surface area is 118 Å². The predicted molar refractivity (Wildman–Crippen MR) is 78.4 cm³/mol. The first kappa shape index (κ1) is 14.4. The Bertz CT molecular complexity index is 428. The zero-order valence-corrected chi connectivity index (χ0v) is 12.0. The molecule has 0 unspecified atom stereocenters. The molecular weight excluding hydrogens is 260 g/mol. The van der Waals surface area contributed by atoms with E-state index in [1.54, 1.807) is 11.8 Å². The topological polar surface area (TPSA) is 64.4 Å². The summed E-state index contributed by atoms with van der Waals surface area (Å²) in [5, 5.41) is 2.97. The number of anilines is 1. The van der Waals surface area contributed by atoms with E-state index in [0.29, 0.717) is 32.6 Å². The zero-order valence-electron chi connectivity index (χ0n) is 11.1. The van der Waals surface area contributed by atoms with Gasteiger partial charge >= 0.3 is 0 Å². The van der Waals surface area contributed by atoms with Gasteiger partial charge in [-0.3, -0.25) is 4.79 Å². The largest absolute Gasteiger partial charge is 0.381 e. The van der Waals surface area contributed by atoms with Crippen molar-refractivity contribution in [2.24, 2.45) is 11.1 Å². The van der Waals surface area contributed by atoms with Crippen LogP contribution in [0.3, 0.4) is 0 Å². The van der Waals surface area contributed by atoms with Crippen molar-refractivity contribution >= 4 is 23.4 Å². The molecule has 104 valence electrons. The third kappa shape index (κ3) is 3.29. The van der Waals surface area contributed by atoms with Crippen molar-refractivity contribution in [3.63, 3.8) is 0 Å². The van der Waals surface area contributed by atoms with Crippen LogP contribution in [0.4, 0.5) is 5.69 Å². The second kappa shape index (κ2) is 6.41. The van der Waals surface area contributed by atoms with Crippen molar-refractivity contribution in [2.45, 2.75) is 17.7 Å². The second-order valence-electron chi connectivity index (χ2n) is 4.78. The Morgan fingerprint density at radius 2 is 2.00 bits per heavy atom. The summed E-state index contributed by atoms with van der Waals surface area (Å²) in [5.41, 5.74) is 6.16. The van der Waals surface area contributed by atoms with Gasteiger partial charge in [-0.1, -0.05) is 0 Å². The fourth-order valence-electron chi connectivity index (χ4n) is 2.22. The van der Waals surface area contributed by atoms with Gasteiger partial charge < -0.3 is 15.8 Å². The predicted octanol–water partition coefficient (Wildman–Crippen LogP) is 2.10. The van der Waals surface area contributed by atoms with E-state index < -0.39 is 5.41 Å². The summed E-state index contributed by atoms with van der Waals surface area (Å²) in [6, 6.07) is 7.85. The highest BCUT2D eigenvalue weighted by molar-refractivity contribution is 7.98. The fourth-order valence-corrected chi connectivity index (χ4v) is 2.63. The number of benzene rings is 1. The zero-order chi connectivity index (χ0) is 13.7. The molecule has 1 heterocycles. The monoisotopic (exact) mass is 280 g/mol. The van der Waals surface area contributed by atoms with Crippen LogP contribution in [0.2, 0.25) is 0 Å². The average Bonchev–Trinajstić information content (AvgIpc) is 2.48. The molecule has 5 heteroatoms. The van der Waals surface area contributed by atoms with Crippen LogP contribution in [0.15, 0.2) is 29.2 Å². The van der Waals surface area contributed by atoms with E-state index in [9.17, 15) is 4.79 Å². The molecule has 1 saturated heterocycles. The van der Waals surface area contributed by atoms with E-state index in [1.165, 1.54) is 4.90 Å². The number of hydrogen-bond donors (Lipinski definition) is 2. The van der Waals surface area contributed by atoms with Gasteiger partial charge in [-0.05, 0) is 43.4 Å². The van der Waals surface area contributed by atoms with Crippen molar-refractivity contribution in [3.05, 3.63) is 24.3 Å². The third-order valence-corrected chi connectivity index (χ3v) is 4.41. The highest BCUT2D eigenvalue weighted by atomic mass is 32.2. The summed E-state index contributed by atoms with van der Waals surface area (Å²) in [6.07, 6.45) is 3.41. The van der Waals surface area contributed by atoms with Gasteiger partial charge in [0.05, 0.1) is 5.41 Å². The molecule has 4 nitrogen and oxygen atoms in total. The highest BCUT2D eigenvalue weighted by Crippen LogP contribution is 2.31. The van der Waals surface area contributed by atoms with E-state index >= 15 is 0 Å². The number of ether oxygens (including phenoxy) is 1. The number of nitrogens with one attached hydrogen (secondary N) is 1. The summed E-state index contributed by atoms with van der Waals surface area (Å²) in [7, 11) is 0. The lowest BCUT2D eigenvalue weighted by Gasteiger charge is -2.34. The number of carbonyl (C=O) groups excluding carboxylic acids is 1. The lowest BCUT2D eigenvalue weighted by atomic mass is 9.79. The third-order valence-electron chi connectivity index (χ3n) is 3.67. The van der Waals surface area contributed by atoms with E-state index in [4.69, 9.17) is 10.5 Å². The molecule has 0 spiro atoms. The van der Waals surface area contributed by atoms with Gasteiger partial charge in [-0.2, -0.15) is 0 Å². The summed E-state index contributed by atoms with van der Waals surface area (Å²) >= 11 is 1.68. The van der Waals surface area contributed by atoms with Gasteiger partial charge in [0.2, 0.25) is 5.91 Å². The maximum absolute atomic E-state index is 12.4. The van der Waals surface area contributed by atoms with Crippen LogP contribution < -0.4 is 11.1 Å². The number of rotatable bonds is 4. The van der Waals surface area contributed by atoms with Crippen molar-refractivity contribution in [1.29, 1.82) is 0 Å². The SMILES string of the molecule is CSc1ccc(NC(=O)C2(CN)CCOCC2)cc1. The lowest BCUT2D eigenvalue weighted by Crippen LogP contribution is -2.46. The quantitative estimate of drug-likeness (QED) is 0.829. The normalized spacial score (nSPS) is 18.0. The van der Waals surface area contributed by atoms with Gasteiger partial charge in [-0.15, -0.1) is 11.8 Å². The fraction of sp³-hybridized carbons (Fsp3) is 0.500. The molecule has 0 atom stereocenters. The molecule has 1 fully saturated rings. The van der Waals surface area contributed by atoms with Gasteiger partial charge in [0, 0.05) is 30.3 Å². The molecule has 19 heavy (non-hydrogen) atoms. The maximum atomic E-state index is 12.4. The first-order chi connectivity index (χ1) is 9.20. The molecule has 1 aromatic carbocycles. The van der Waals surface area contributed by atoms with Crippen LogP contribution in [0.25, 0.3) is 0 Å². The van der Waals surface area contributed by atoms with Crippen molar-refractivity contribution < 1.29 is 9.53 Å². The molecule has 1 aromatic rings. The molecule has 1 aliphatic rings. The van der Waals surface area contributed by atoms with Crippen LogP contribution in [-0.4, -0.2) is 31.9 Å². The molecule has 1 aliphatic heterocycles. The minimum Gasteiger partial charge on any atom is -0.381 e. The van der Waals surface area contributed by atoms with Gasteiger partial charge in [-0.25, -0.2) is 0 Å². The molecule has 1 amide bonds. The smallest absolute Gasteiger partial charge is 0.232 e. The van der Waals surface area contributed by atoms with Crippen LogP contribution in [-0.2, 0) is 9.53 Å². The number of hydrogen-bond acceptors (Lipinski definition) is 4. The Hall–Kier alpha value is -1.04. The van der Waals surface area contributed by atoms with Gasteiger partial charge in [0.1, 0.15) is 0 Å². The van der Waals surface area contributed by atoms with Gasteiger partial charge in [0.25, 0.3) is 0 Å². The number of carbonyl (C=O) groups is 1. The van der Waals surface area contributed by atoms with E-state index in [2.05, 4.69) is 5.32 Å². The van der Waals surface area contributed by atoms with Crippen LogP contribution in [0, 0.1) is 5.41 Å². The highest BCUT2D eigenvalue weighted by Gasteiger charge is 2.38. The number of amides is 1. The maximum Gasteiger partial charge on any atom is 0.232 e. The Morgan fingerprint density at radius 3 is 2.53 bits per heavy atom. The van der Waals surface area contributed by atoms with E-state index in [1.807, 2.05) is 30.5 Å². The van der Waals surface area contributed by atoms with Crippen molar-refractivity contribution in [2.75, 3.05) is 31.3 Å².